The van der Waals surface area contributed by atoms with E-state index < -0.39 is 12.1 Å². The molecule has 0 saturated carbocycles. The van der Waals surface area contributed by atoms with Crippen molar-refractivity contribution in [3.63, 3.8) is 0 Å². The Balaban J connectivity index is -0.000000180. The molecular weight excluding hydrogens is 146 g/mol. The van der Waals surface area contributed by atoms with Crippen LogP contribution in [0.15, 0.2) is 0 Å². The maximum absolute atomic E-state index is 9.65. The summed E-state index contributed by atoms with van der Waals surface area (Å²) in [6, 6.07) is 0. The Bertz CT molecular complexity index is 90.0. The molecule has 0 aliphatic heterocycles. The molecule has 0 radical (unpaired) electrons. The van der Waals surface area contributed by atoms with Gasteiger partial charge in [0.05, 0.1) is 0 Å². The number of esters is 1. The van der Waals surface area contributed by atoms with Gasteiger partial charge in [-0.1, -0.05) is 0 Å². The van der Waals surface area contributed by atoms with E-state index in [1.807, 2.05) is 0 Å². The first-order valence-electron chi connectivity index (χ1n) is 1.54. The Kier molecular flexibility index (Phi) is 16.4. The molecule has 0 bridgehead atoms. The van der Waals surface area contributed by atoms with Crippen molar-refractivity contribution in [1.82, 2.24) is 0 Å². The summed E-state index contributed by atoms with van der Waals surface area (Å²) in [5, 5.41) is 7.64. The quantitative estimate of drug-likeness (QED) is 0.272. The second-order valence-corrected chi connectivity index (χ2v) is 0.860. The number of carboxylic acid groups (broad SMARTS) is 1. The van der Waals surface area contributed by atoms with E-state index in [2.05, 4.69) is 4.74 Å². The first-order chi connectivity index (χ1) is 3.13. The SMILES string of the molecule is CC(=O)OC(=O)O.[NaH].[NaH]. The number of hydrogen-bond acceptors (Lipinski definition) is 3. The first-order valence-corrected chi connectivity index (χ1v) is 1.54. The molecule has 0 amide bonds. The molecule has 0 aromatic rings. The standard InChI is InChI=1S/C3H4O4.2Na.2H/c1-2(4)7-3(5)6;;;;/h1H3,(H,5,6);;;;. The van der Waals surface area contributed by atoms with Crippen LogP contribution in [0.5, 0.6) is 0 Å². The fraction of sp³-hybridized carbons (Fsp3) is 0.333. The summed E-state index contributed by atoms with van der Waals surface area (Å²) >= 11 is 0. The van der Waals surface area contributed by atoms with Crippen LogP contribution in [0.4, 0.5) is 4.79 Å². The summed E-state index contributed by atoms with van der Waals surface area (Å²) in [6.45, 7) is 1.02. The number of hydrogen-bond donors (Lipinski definition) is 1. The van der Waals surface area contributed by atoms with Gasteiger partial charge in [0.2, 0.25) is 0 Å². The van der Waals surface area contributed by atoms with Crippen LogP contribution in [0.3, 0.4) is 0 Å². The zero-order chi connectivity index (χ0) is 5.86. The van der Waals surface area contributed by atoms with Gasteiger partial charge in [-0.05, 0) is 0 Å². The molecule has 0 rings (SSSR count). The van der Waals surface area contributed by atoms with E-state index in [-0.39, 0.29) is 59.1 Å². The van der Waals surface area contributed by atoms with Gasteiger partial charge in [-0.15, -0.1) is 0 Å². The van der Waals surface area contributed by atoms with Gasteiger partial charge in [-0.3, -0.25) is 4.79 Å². The molecule has 0 unspecified atom stereocenters. The van der Waals surface area contributed by atoms with E-state index in [1.54, 1.807) is 0 Å². The number of carbonyl (C=O) groups excluding carboxylic acids is 1. The van der Waals surface area contributed by atoms with Crippen LogP contribution in [-0.4, -0.2) is 76.3 Å². The van der Waals surface area contributed by atoms with Crippen LogP contribution in [0, 0.1) is 0 Å². The van der Waals surface area contributed by atoms with Gasteiger partial charge >= 0.3 is 71.2 Å². The Labute approximate surface area is 96.5 Å². The summed E-state index contributed by atoms with van der Waals surface area (Å²) in [5.74, 6) is -0.812. The fourth-order valence-electron chi connectivity index (χ4n) is 0.123. The van der Waals surface area contributed by atoms with Gasteiger partial charge in [0.25, 0.3) is 0 Å². The fourth-order valence-corrected chi connectivity index (χ4v) is 0.123. The van der Waals surface area contributed by atoms with Crippen LogP contribution in [0.2, 0.25) is 0 Å². The minimum absolute atomic E-state index is 0. The third-order valence-electron chi connectivity index (χ3n) is 0.231. The Morgan fingerprint density at radius 3 is 1.67 bits per heavy atom. The number of ether oxygens (including phenoxy) is 1. The van der Waals surface area contributed by atoms with Gasteiger partial charge in [0.1, 0.15) is 0 Å². The summed E-state index contributed by atoms with van der Waals surface area (Å²) in [7, 11) is 0. The molecule has 9 heavy (non-hydrogen) atoms. The molecule has 0 aromatic heterocycles. The summed E-state index contributed by atoms with van der Waals surface area (Å²) in [4.78, 5) is 19.0. The molecule has 44 valence electrons. The molecule has 1 N–H and O–H groups in total. The number of carbonyl (C=O) groups is 2. The molecule has 0 spiro atoms. The average molecular weight is 152 g/mol. The Morgan fingerprint density at radius 1 is 1.33 bits per heavy atom. The van der Waals surface area contributed by atoms with Crippen molar-refractivity contribution < 1.29 is 19.4 Å². The zero-order valence-corrected chi connectivity index (χ0v) is 3.67. The second-order valence-electron chi connectivity index (χ2n) is 0.860. The second kappa shape index (κ2) is 8.94. The van der Waals surface area contributed by atoms with E-state index >= 15 is 0 Å². The van der Waals surface area contributed by atoms with E-state index in [4.69, 9.17) is 5.11 Å². The van der Waals surface area contributed by atoms with Gasteiger partial charge in [-0.25, -0.2) is 4.79 Å². The van der Waals surface area contributed by atoms with E-state index in [9.17, 15) is 9.59 Å². The van der Waals surface area contributed by atoms with Crippen molar-refractivity contribution in [1.29, 1.82) is 0 Å². The monoisotopic (exact) mass is 152 g/mol. The molecule has 0 aliphatic rings. The van der Waals surface area contributed by atoms with Crippen LogP contribution >= 0.6 is 0 Å². The summed E-state index contributed by atoms with van der Waals surface area (Å²) in [5.41, 5.74) is 0. The first kappa shape index (κ1) is 16.5. The zero-order valence-electron chi connectivity index (χ0n) is 3.67. The van der Waals surface area contributed by atoms with Crippen molar-refractivity contribution in [3.05, 3.63) is 0 Å². The van der Waals surface area contributed by atoms with Gasteiger partial charge < -0.3 is 9.84 Å². The van der Waals surface area contributed by atoms with E-state index in [0.29, 0.717) is 0 Å². The topological polar surface area (TPSA) is 63.6 Å². The molecular formula is C3H6Na2O4. The molecule has 4 nitrogen and oxygen atoms in total. The minimum atomic E-state index is -1.56. The number of rotatable bonds is 0. The van der Waals surface area contributed by atoms with Gasteiger partial charge in [-0.2, -0.15) is 0 Å². The van der Waals surface area contributed by atoms with Crippen LogP contribution < -0.4 is 0 Å². The molecule has 0 fully saturated rings. The summed E-state index contributed by atoms with van der Waals surface area (Å²) < 4.78 is 3.53. The van der Waals surface area contributed by atoms with Gasteiger partial charge in [0.15, 0.2) is 0 Å². The third-order valence-corrected chi connectivity index (χ3v) is 0.231. The van der Waals surface area contributed by atoms with Crippen molar-refractivity contribution >= 4 is 71.2 Å². The van der Waals surface area contributed by atoms with Crippen LogP contribution in [0.1, 0.15) is 6.92 Å². The molecule has 6 heteroatoms. The Morgan fingerprint density at radius 2 is 1.67 bits per heavy atom. The molecule has 0 saturated heterocycles. The van der Waals surface area contributed by atoms with E-state index in [1.165, 1.54) is 0 Å². The molecule has 0 aromatic carbocycles. The average Bonchev–Trinajstić information content (AvgIpc) is 1.27. The van der Waals surface area contributed by atoms with Crippen LogP contribution in [-0.2, 0) is 9.53 Å². The molecule has 0 aliphatic carbocycles. The Hall–Kier alpha value is 0.940. The van der Waals surface area contributed by atoms with Crippen molar-refractivity contribution in [2.45, 2.75) is 6.92 Å². The summed E-state index contributed by atoms with van der Waals surface area (Å²) in [6.07, 6.45) is -1.56. The van der Waals surface area contributed by atoms with Crippen molar-refractivity contribution in [2.24, 2.45) is 0 Å². The van der Waals surface area contributed by atoms with Crippen molar-refractivity contribution in [2.75, 3.05) is 0 Å². The van der Waals surface area contributed by atoms with Gasteiger partial charge in [0, 0.05) is 6.92 Å². The van der Waals surface area contributed by atoms with Crippen LogP contribution in [0.25, 0.3) is 0 Å². The normalized spacial score (nSPS) is 5.89. The maximum atomic E-state index is 9.65. The molecule has 0 heterocycles. The third kappa shape index (κ3) is 17.6. The van der Waals surface area contributed by atoms with E-state index in [0.717, 1.165) is 6.92 Å². The predicted octanol–water partition coefficient (Wildman–Crippen LogP) is -1.07. The van der Waals surface area contributed by atoms with Crippen molar-refractivity contribution in [3.8, 4) is 0 Å². The predicted molar refractivity (Wildman–Crippen MR) is 34.1 cm³/mol. The molecule has 0 atom stereocenters.